The Hall–Kier alpha value is -1.86. The molecule has 21 heavy (non-hydrogen) atoms. The van der Waals surface area contributed by atoms with Crippen molar-refractivity contribution < 1.29 is 9.15 Å². The number of aliphatic imine (C=N–C) groups is 1. The fourth-order valence-electron chi connectivity index (χ4n) is 2.14. The van der Waals surface area contributed by atoms with Crippen LogP contribution < -0.4 is 11.1 Å². The third-order valence-corrected chi connectivity index (χ3v) is 4.09. The van der Waals surface area contributed by atoms with E-state index in [0.717, 1.165) is 30.0 Å². The number of aromatic nitrogens is 1. The highest BCUT2D eigenvalue weighted by Gasteiger charge is 2.15. The van der Waals surface area contributed by atoms with Crippen LogP contribution in [-0.4, -0.2) is 30.2 Å². The summed E-state index contributed by atoms with van der Waals surface area (Å²) in [6.07, 6.45) is 4.06. The fraction of sp³-hybridized carbons (Fsp3) is 0.429. The van der Waals surface area contributed by atoms with Gasteiger partial charge < -0.3 is 20.2 Å². The smallest absolute Gasteiger partial charge is 0.236 e. The summed E-state index contributed by atoms with van der Waals surface area (Å²) in [5, 5.41) is 5.07. The van der Waals surface area contributed by atoms with Crippen molar-refractivity contribution in [3.63, 3.8) is 0 Å². The third-order valence-electron chi connectivity index (χ3n) is 3.23. The fourth-order valence-corrected chi connectivity index (χ4v) is 2.79. The zero-order valence-corrected chi connectivity index (χ0v) is 12.4. The molecule has 1 aliphatic rings. The number of rotatable bonds is 5. The molecule has 1 saturated heterocycles. The van der Waals surface area contributed by atoms with E-state index in [2.05, 4.69) is 15.3 Å². The number of nitrogens with one attached hydrogen (secondary N) is 1. The Balaban J connectivity index is 1.50. The third kappa shape index (κ3) is 3.83. The maximum Gasteiger partial charge on any atom is 0.236 e. The molecule has 3 heterocycles. The van der Waals surface area contributed by atoms with Crippen molar-refractivity contribution in [2.75, 3.05) is 13.2 Å². The zero-order chi connectivity index (χ0) is 14.5. The van der Waals surface area contributed by atoms with E-state index in [-0.39, 0.29) is 6.10 Å². The van der Waals surface area contributed by atoms with E-state index in [1.165, 1.54) is 0 Å². The lowest BCUT2D eigenvalue weighted by Gasteiger charge is -2.10. The summed E-state index contributed by atoms with van der Waals surface area (Å²) in [7, 11) is 0. The minimum atomic E-state index is 0.247. The molecule has 3 N–H and O–H groups in total. The average Bonchev–Trinajstić information content (AvgIpc) is 3.24. The van der Waals surface area contributed by atoms with Crippen molar-refractivity contribution in [1.82, 2.24) is 10.3 Å². The van der Waals surface area contributed by atoms with Crippen LogP contribution in [0.2, 0.25) is 0 Å². The summed E-state index contributed by atoms with van der Waals surface area (Å²) in [6, 6.07) is 3.94. The largest absolute Gasteiger partial charge is 0.443 e. The highest BCUT2D eigenvalue weighted by atomic mass is 32.1. The van der Waals surface area contributed by atoms with E-state index in [1.54, 1.807) is 17.6 Å². The average molecular weight is 306 g/mol. The minimum Gasteiger partial charge on any atom is -0.443 e. The Labute approximate surface area is 127 Å². The van der Waals surface area contributed by atoms with Gasteiger partial charge in [0.2, 0.25) is 5.89 Å². The number of ether oxygens (including phenoxy) is 1. The van der Waals surface area contributed by atoms with Gasteiger partial charge in [-0.2, -0.15) is 0 Å². The summed E-state index contributed by atoms with van der Waals surface area (Å²) < 4.78 is 10.9. The van der Waals surface area contributed by atoms with Gasteiger partial charge in [0.15, 0.2) is 5.96 Å². The van der Waals surface area contributed by atoms with Crippen molar-refractivity contribution in [2.24, 2.45) is 10.7 Å². The molecule has 0 aliphatic carbocycles. The summed E-state index contributed by atoms with van der Waals surface area (Å²) in [5.74, 6) is 1.03. The van der Waals surface area contributed by atoms with Crippen molar-refractivity contribution in [1.29, 1.82) is 0 Å². The number of hydrogen-bond donors (Lipinski definition) is 2. The van der Waals surface area contributed by atoms with Crippen molar-refractivity contribution >= 4 is 17.3 Å². The van der Waals surface area contributed by atoms with Crippen molar-refractivity contribution in [2.45, 2.75) is 25.5 Å². The molecule has 6 nitrogen and oxygen atoms in total. The van der Waals surface area contributed by atoms with Crippen molar-refractivity contribution in [3.05, 3.63) is 29.5 Å². The Morgan fingerprint density at radius 3 is 3.29 bits per heavy atom. The van der Waals surface area contributed by atoms with Gasteiger partial charge in [-0.1, -0.05) is 6.07 Å². The molecule has 0 amide bonds. The van der Waals surface area contributed by atoms with Crippen LogP contribution in [0.5, 0.6) is 0 Å². The number of guanidine groups is 1. The molecule has 2 aromatic heterocycles. The predicted molar refractivity (Wildman–Crippen MR) is 82.1 cm³/mol. The first-order chi connectivity index (χ1) is 10.3. The molecule has 0 bridgehead atoms. The molecule has 1 aliphatic heterocycles. The first-order valence-corrected chi connectivity index (χ1v) is 7.83. The molecular weight excluding hydrogens is 288 g/mol. The van der Waals surface area contributed by atoms with Crippen LogP contribution >= 0.6 is 11.3 Å². The van der Waals surface area contributed by atoms with Gasteiger partial charge in [0.1, 0.15) is 12.0 Å². The van der Waals surface area contributed by atoms with Crippen LogP contribution in [0.4, 0.5) is 0 Å². The molecule has 0 saturated carbocycles. The molecule has 3 rings (SSSR count). The minimum absolute atomic E-state index is 0.247. The molecule has 2 aromatic rings. The number of thiophene rings is 1. The lowest BCUT2D eigenvalue weighted by atomic mass is 10.2. The van der Waals surface area contributed by atoms with Crippen LogP contribution in [-0.2, 0) is 11.3 Å². The highest BCUT2D eigenvalue weighted by molar-refractivity contribution is 7.13. The highest BCUT2D eigenvalue weighted by Crippen LogP contribution is 2.23. The zero-order valence-electron chi connectivity index (χ0n) is 11.6. The van der Waals surface area contributed by atoms with E-state index >= 15 is 0 Å². The molecule has 0 spiro atoms. The first-order valence-electron chi connectivity index (χ1n) is 6.95. The summed E-state index contributed by atoms with van der Waals surface area (Å²) >= 11 is 1.59. The number of hydrogen-bond acceptors (Lipinski definition) is 5. The number of nitrogens with zero attached hydrogens (tertiary/aromatic N) is 2. The van der Waals surface area contributed by atoms with E-state index in [9.17, 15) is 0 Å². The number of oxazole rings is 1. The predicted octanol–water partition coefficient (Wildman–Crippen LogP) is 1.99. The van der Waals surface area contributed by atoms with Gasteiger partial charge in [-0.05, 0) is 24.3 Å². The molecule has 7 heteroatoms. The lowest BCUT2D eigenvalue weighted by Crippen LogP contribution is -2.37. The van der Waals surface area contributed by atoms with E-state index in [1.807, 2.05) is 17.5 Å². The van der Waals surface area contributed by atoms with Crippen LogP contribution in [0.3, 0.4) is 0 Å². The summed E-state index contributed by atoms with van der Waals surface area (Å²) in [4.78, 5) is 9.66. The van der Waals surface area contributed by atoms with Crippen molar-refractivity contribution in [3.8, 4) is 10.8 Å². The Morgan fingerprint density at radius 2 is 2.52 bits per heavy atom. The normalized spacial score (nSPS) is 19.0. The van der Waals surface area contributed by atoms with E-state index in [0.29, 0.717) is 24.9 Å². The van der Waals surface area contributed by atoms with Crippen LogP contribution in [0.1, 0.15) is 18.5 Å². The standard InChI is InChI=1S/C14H18N4O2S/c15-14(17-8-11-3-1-5-19-11)16-7-10-9-20-13(18-10)12-4-2-6-21-12/h2,4,6,9,11H,1,3,5,7-8H2,(H3,15,16,17). The van der Waals surface area contributed by atoms with Crippen LogP contribution in [0, 0.1) is 0 Å². The SMILES string of the molecule is NC(=NCc1coc(-c2cccs2)n1)NCC1CCCO1. The number of nitrogens with two attached hydrogens (primary N) is 1. The molecule has 0 radical (unpaired) electrons. The van der Waals surface area contributed by atoms with Gasteiger partial charge in [-0.15, -0.1) is 11.3 Å². The monoisotopic (exact) mass is 306 g/mol. The molecule has 1 unspecified atom stereocenters. The van der Waals surface area contributed by atoms with Crippen LogP contribution in [0.25, 0.3) is 10.8 Å². The summed E-state index contributed by atoms with van der Waals surface area (Å²) in [5.41, 5.74) is 6.59. The lowest BCUT2D eigenvalue weighted by molar-refractivity contribution is 0.114. The first kappa shape index (κ1) is 14.1. The molecular formula is C14H18N4O2S. The van der Waals surface area contributed by atoms with Gasteiger partial charge in [0.25, 0.3) is 0 Å². The van der Waals surface area contributed by atoms with E-state index in [4.69, 9.17) is 14.9 Å². The van der Waals surface area contributed by atoms with Gasteiger partial charge >= 0.3 is 0 Å². The topological polar surface area (TPSA) is 85.7 Å². The Morgan fingerprint density at radius 1 is 1.57 bits per heavy atom. The molecule has 0 aromatic carbocycles. The molecule has 112 valence electrons. The maximum atomic E-state index is 5.83. The van der Waals surface area contributed by atoms with Gasteiger partial charge in [0.05, 0.1) is 17.5 Å². The Bertz CT molecular complexity index is 588. The molecule has 1 atom stereocenters. The molecule has 1 fully saturated rings. The van der Waals surface area contributed by atoms with Crippen LogP contribution in [0.15, 0.2) is 33.2 Å². The second-order valence-corrected chi connectivity index (χ2v) is 5.79. The second-order valence-electron chi connectivity index (χ2n) is 4.84. The Kier molecular flexibility index (Phi) is 4.52. The maximum absolute atomic E-state index is 5.83. The van der Waals surface area contributed by atoms with Gasteiger partial charge in [-0.3, -0.25) is 0 Å². The van der Waals surface area contributed by atoms with Gasteiger partial charge in [-0.25, -0.2) is 9.98 Å². The second kappa shape index (κ2) is 6.73. The van der Waals surface area contributed by atoms with Gasteiger partial charge in [0, 0.05) is 13.2 Å². The summed E-state index contributed by atoms with van der Waals surface area (Å²) in [6.45, 7) is 1.95. The quantitative estimate of drug-likeness (QED) is 0.652. The van der Waals surface area contributed by atoms with E-state index < -0.39 is 0 Å².